The van der Waals surface area contributed by atoms with Crippen molar-refractivity contribution in [3.05, 3.63) is 0 Å². The summed E-state index contributed by atoms with van der Waals surface area (Å²) in [6, 6.07) is 0. The number of hydrogen-bond acceptors (Lipinski definition) is 2. The van der Waals surface area contributed by atoms with Crippen molar-refractivity contribution in [2.45, 2.75) is 39.7 Å². The molecule has 0 bridgehead atoms. The van der Waals surface area contributed by atoms with Crippen molar-refractivity contribution in [3.8, 4) is 0 Å². The molecule has 1 atom stereocenters. The number of hydrogen-bond donors (Lipinski definition) is 0. The van der Waals surface area contributed by atoms with Gasteiger partial charge in [-0.2, -0.15) is 0 Å². The molecule has 0 aliphatic rings. The van der Waals surface area contributed by atoms with Gasteiger partial charge in [0.05, 0.1) is 12.7 Å². The van der Waals surface area contributed by atoms with Crippen LogP contribution in [0.5, 0.6) is 0 Å². The molecular formula is C8H16O2. The fraction of sp³-hybridized carbons (Fsp3) is 0.875. The third-order valence-electron chi connectivity index (χ3n) is 1.43. The van der Waals surface area contributed by atoms with Gasteiger partial charge >= 0.3 is 0 Å². The first-order valence-corrected chi connectivity index (χ1v) is 3.77. The third kappa shape index (κ3) is 5.76. The molecule has 0 amide bonds. The number of Topliss-reactive ketones (excluding diaryl/α,β-unsaturated/α-hetero) is 1. The summed E-state index contributed by atoms with van der Waals surface area (Å²) in [5.41, 5.74) is 0. The summed E-state index contributed by atoms with van der Waals surface area (Å²) >= 11 is 0. The molecule has 0 aromatic carbocycles. The van der Waals surface area contributed by atoms with Gasteiger partial charge in [-0.15, -0.1) is 0 Å². The van der Waals surface area contributed by atoms with Gasteiger partial charge in [0.1, 0.15) is 5.78 Å². The second kappa shape index (κ2) is 5.42. The lowest BCUT2D eigenvalue weighted by Gasteiger charge is -2.08. The number of rotatable bonds is 5. The molecule has 0 aliphatic carbocycles. The lowest BCUT2D eigenvalue weighted by atomic mass is 10.3. The molecule has 0 rings (SSSR count). The number of carbonyl (C=O) groups excluding carboxylic acids is 1. The van der Waals surface area contributed by atoms with E-state index in [1.54, 1.807) is 6.92 Å². The zero-order valence-electron chi connectivity index (χ0n) is 7.02. The Morgan fingerprint density at radius 2 is 2.20 bits per heavy atom. The van der Waals surface area contributed by atoms with Crippen molar-refractivity contribution in [3.63, 3.8) is 0 Å². The van der Waals surface area contributed by atoms with Crippen LogP contribution >= 0.6 is 0 Å². The fourth-order valence-electron chi connectivity index (χ4n) is 0.522. The van der Waals surface area contributed by atoms with E-state index in [-0.39, 0.29) is 5.78 Å². The Morgan fingerprint density at radius 1 is 1.60 bits per heavy atom. The molecular weight excluding hydrogens is 128 g/mol. The standard InChI is InChI=1S/C8H16O2/c1-4-8(3)10-6-5-7(2)9/h8H,4-6H2,1-3H3/t8-/m0/s1. The Kier molecular flexibility index (Phi) is 5.22. The highest BCUT2D eigenvalue weighted by atomic mass is 16.5. The van der Waals surface area contributed by atoms with Crippen molar-refractivity contribution < 1.29 is 9.53 Å². The second-order valence-corrected chi connectivity index (χ2v) is 2.54. The summed E-state index contributed by atoms with van der Waals surface area (Å²) in [6.07, 6.45) is 1.85. The van der Waals surface area contributed by atoms with E-state index in [1.807, 2.05) is 6.92 Å². The van der Waals surface area contributed by atoms with Crippen LogP contribution in [-0.4, -0.2) is 18.5 Å². The van der Waals surface area contributed by atoms with E-state index in [2.05, 4.69) is 6.92 Å². The van der Waals surface area contributed by atoms with Crippen LogP contribution in [0.3, 0.4) is 0 Å². The van der Waals surface area contributed by atoms with Crippen molar-refractivity contribution in [1.29, 1.82) is 0 Å². The predicted octanol–water partition coefficient (Wildman–Crippen LogP) is 1.78. The Hall–Kier alpha value is -0.370. The number of ether oxygens (including phenoxy) is 1. The van der Waals surface area contributed by atoms with Gasteiger partial charge in [0.25, 0.3) is 0 Å². The third-order valence-corrected chi connectivity index (χ3v) is 1.43. The van der Waals surface area contributed by atoms with Crippen LogP contribution in [0.1, 0.15) is 33.6 Å². The van der Waals surface area contributed by atoms with E-state index >= 15 is 0 Å². The average molecular weight is 144 g/mol. The molecule has 0 aliphatic heterocycles. The molecule has 0 heterocycles. The first-order valence-electron chi connectivity index (χ1n) is 3.77. The van der Waals surface area contributed by atoms with E-state index in [9.17, 15) is 4.79 Å². The Balaban J connectivity index is 3.11. The lowest BCUT2D eigenvalue weighted by molar-refractivity contribution is -0.118. The monoisotopic (exact) mass is 144 g/mol. The minimum Gasteiger partial charge on any atom is -0.378 e. The number of ketones is 1. The normalized spacial score (nSPS) is 13.1. The van der Waals surface area contributed by atoms with E-state index < -0.39 is 0 Å². The van der Waals surface area contributed by atoms with Crippen LogP contribution in [0.25, 0.3) is 0 Å². The van der Waals surface area contributed by atoms with Crippen molar-refractivity contribution in [2.75, 3.05) is 6.61 Å². The maximum atomic E-state index is 10.4. The summed E-state index contributed by atoms with van der Waals surface area (Å²) in [5, 5.41) is 0. The zero-order valence-corrected chi connectivity index (χ0v) is 7.02. The first-order chi connectivity index (χ1) is 4.66. The van der Waals surface area contributed by atoms with Crippen LogP contribution < -0.4 is 0 Å². The molecule has 0 aromatic heterocycles. The smallest absolute Gasteiger partial charge is 0.132 e. The summed E-state index contributed by atoms with van der Waals surface area (Å²) in [4.78, 5) is 10.4. The Morgan fingerprint density at radius 3 is 2.60 bits per heavy atom. The minimum atomic E-state index is 0.198. The molecule has 0 fully saturated rings. The largest absolute Gasteiger partial charge is 0.378 e. The molecule has 60 valence electrons. The summed E-state index contributed by atoms with van der Waals surface area (Å²) in [7, 11) is 0. The second-order valence-electron chi connectivity index (χ2n) is 2.54. The molecule has 2 nitrogen and oxygen atoms in total. The van der Waals surface area contributed by atoms with Gasteiger partial charge in [0, 0.05) is 6.42 Å². The molecule has 2 heteroatoms. The predicted molar refractivity (Wildman–Crippen MR) is 41.0 cm³/mol. The fourth-order valence-corrected chi connectivity index (χ4v) is 0.522. The van der Waals surface area contributed by atoms with Crippen molar-refractivity contribution in [1.82, 2.24) is 0 Å². The van der Waals surface area contributed by atoms with Crippen LogP contribution in [0, 0.1) is 0 Å². The van der Waals surface area contributed by atoms with Crippen molar-refractivity contribution in [2.24, 2.45) is 0 Å². The highest BCUT2D eigenvalue weighted by molar-refractivity contribution is 5.75. The van der Waals surface area contributed by atoms with Crippen LogP contribution in [0.2, 0.25) is 0 Å². The van der Waals surface area contributed by atoms with Gasteiger partial charge in [-0.05, 0) is 20.3 Å². The molecule has 0 N–H and O–H groups in total. The molecule has 0 radical (unpaired) electrons. The summed E-state index contributed by atoms with van der Waals surface area (Å²) in [6.45, 7) is 6.24. The SMILES string of the molecule is CC[C@H](C)OCCC(C)=O. The molecule has 0 aromatic rings. The first kappa shape index (κ1) is 9.63. The van der Waals surface area contributed by atoms with E-state index in [0.29, 0.717) is 19.1 Å². The van der Waals surface area contributed by atoms with E-state index in [1.165, 1.54) is 0 Å². The van der Waals surface area contributed by atoms with Crippen LogP contribution in [0.4, 0.5) is 0 Å². The topological polar surface area (TPSA) is 26.3 Å². The summed E-state index contributed by atoms with van der Waals surface area (Å²) in [5.74, 6) is 0.198. The number of carbonyl (C=O) groups is 1. The van der Waals surface area contributed by atoms with Gasteiger partial charge in [-0.25, -0.2) is 0 Å². The molecule has 10 heavy (non-hydrogen) atoms. The van der Waals surface area contributed by atoms with Gasteiger partial charge in [0.2, 0.25) is 0 Å². The van der Waals surface area contributed by atoms with Crippen molar-refractivity contribution >= 4 is 5.78 Å². The van der Waals surface area contributed by atoms with Gasteiger partial charge in [-0.3, -0.25) is 4.79 Å². The van der Waals surface area contributed by atoms with E-state index in [4.69, 9.17) is 4.74 Å². The summed E-state index contributed by atoms with van der Waals surface area (Å²) < 4.78 is 5.28. The van der Waals surface area contributed by atoms with Gasteiger partial charge in [0.15, 0.2) is 0 Å². The zero-order chi connectivity index (χ0) is 7.98. The van der Waals surface area contributed by atoms with E-state index in [0.717, 1.165) is 6.42 Å². The molecule has 0 saturated carbocycles. The Labute approximate surface area is 62.6 Å². The molecule has 0 saturated heterocycles. The maximum absolute atomic E-state index is 10.4. The van der Waals surface area contributed by atoms with Gasteiger partial charge < -0.3 is 4.74 Å². The maximum Gasteiger partial charge on any atom is 0.132 e. The molecule has 0 unspecified atom stereocenters. The minimum absolute atomic E-state index is 0.198. The average Bonchev–Trinajstić information content (AvgIpc) is 1.87. The van der Waals surface area contributed by atoms with Crippen LogP contribution in [-0.2, 0) is 9.53 Å². The quantitative estimate of drug-likeness (QED) is 0.588. The van der Waals surface area contributed by atoms with Crippen LogP contribution in [0.15, 0.2) is 0 Å². The molecule has 0 spiro atoms. The van der Waals surface area contributed by atoms with Gasteiger partial charge in [-0.1, -0.05) is 6.92 Å². The Bertz CT molecular complexity index is 99.4. The highest BCUT2D eigenvalue weighted by Crippen LogP contribution is 1.96. The highest BCUT2D eigenvalue weighted by Gasteiger charge is 1.98. The lowest BCUT2D eigenvalue weighted by Crippen LogP contribution is -2.09.